The maximum atomic E-state index is 6.40. The second-order valence-electron chi connectivity index (χ2n) is 7.91. The fourth-order valence-corrected chi connectivity index (χ4v) is 4.73. The van der Waals surface area contributed by atoms with Crippen LogP contribution in [-0.4, -0.2) is 19.5 Å². The van der Waals surface area contributed by atoms with Gasteiger partial charge in [-0.15, -0.1) is 0 Å². The van der Waals surface area contributed by atoms with Crippen molar-refractivity contribution in [3.63, 3.8) is 0 Å². The summed E-state index contributed by atoms with van der Waals surface area (Å²) in [6, 6.07) is 30.4. The summed E-state index contributed by atoms with van der Waals surface area (Å²) in [6.07, 6.45) is 0. The van der Waals surface area contributed by atoms with E-state index in [1.807, 2.05) is 65.2 Å². The molecule has 3 heterocycles. The zero-order valence-corrected chi connectivity index (χ0v) is 18.0. The summed E-state index contributed by atoms with van der Waals surface area (Å²) in [4.78, 5) is 13.7. The van der Waals surface area contributed by atoms with Gasteiger partial charge in [0.25, 0.3) is 0 Å². The summed E-state index contributed by atoms with van der Waals surface area (Å²) >= 11 is 6.40. The van der Waals surface area contributed by atoms with Crippen LogP contribution in [0, 0.1) is 0 Å². The van der Waals surface area contributed by atoms with E-state index in [2.05, 4.69) is 40.3 Å². The Morgan fingerprint density at radius 2 is 1.24 bits per heavy atom. The second-order valence-corrected chi connectivity index (χ2v) is 8.24. The first-order chi connectivity index (χ1) is 16.3. The van der Waals surface area contributed by atoms with Gasteiger partial charge in [-0.25, -0.2) is 0 Å². The molecule has 0 saturated carbocycles. The molecular formula is C27H15ClN4O. The van der Waals surface area contributed by atoms with E-state index in [-0.39, 0.29) is 5.28 Å². The fraction of sp³-hybridized carbons (Fsp3) is 0. The molecule has 0 spiro atoms. The minimum Gasteiger partial charge on any atom is -0.456 e. The zero-order chi connectivity index (χ0) is 21.9. The van der Waals surface area contributed by atoms with E-state index in [9.17, 15) is 0 Å². The fourth-order valence-electron chi connectivity index (χ4n) is 4.57. The van der Waals surface area contributed by atoms with Gasteiger partial charge in [-0.1, -0.05) is 60.7 Å². The Balaban J connectivity index is 1.47. The van der Waals surface area contributed by atoms with Crippen LogP contribution in [0.15, 0.2) is 95.4 Å². The average Bonchev–Trinajstić information content (AvgIpc) is 3.39. The Bertz CT molecular complexity index is 1800. The maximum Gasteiger partial charge on any atom is 0.239 e. The van der Waals surface area contributed by atoms with Crippen molar-refractivity contribution in [2.45, 2.75) is 0 Å². The van der Waals surface area contributed by atoms with Crippen LogP contribution in [0.4, 0.5) is 0 Å². The van der Waals surface area contributed by atoms with Crippen LogP contribution in [0.5, 0.6) is 0 Å². The molecule has 0 fully saturated rings. The molecule has 0 bridgehead atoms. The average molecular weight is 447 g/mol. The molecule has 0 aliphatic heterocycles. The molecule has 0 aliphatic carbocycles. The van der Waals surface area contributed by atoms with E-state index in [1.165, 1.54) is 0 Å². The summed E-state index contributed by atoms with van der Waals surface area (Å²) < 4.78 is 8.08. The summed E-state index contributed by atoms with van der Waals surface area (Å²) in [7, 11) is 0. The predicted molar refractivity (Wildman–Crippen MR) is 132 cm³/mol. The molecule has 6 heteroatoms. The van der Waals surface area contributed by atoms with Gasteiger partial charge < -0.3 is 4.42 Å². The summed E-state index contributed by atoms with van der Waals surface area (Å²) in [5.41, 5.74) is 4.47. The molecular weight excluding hydrogens is 432 g/mol. The predicted octanol–water partition coefficient (Wildman–Crippen LogP) is 7.19. The highest BCUT2D eigenvalue weighted by molar-refractivity contribution is 6.28. The summed E-state index contributed by atoms with van der Waals surface area (Å²) in [5, 5.41) is 4.54. The number of nitrogens with zero attached hydrogens (tertiary/aromatic N) is 4. The Morgan fingerprint density at radius 3 is 2.00 bits per heavy atom. The van der Waals surface area contributed by atoms with Gasteiger partial charge in [0.1, 0.15) is 11.2 Å². The highest BCUT2D eigenvalue weighted by atomic mass is 35.5. The topological polar surface area (TPSA) is 56.7 Å². The number of hydrogen-bond acceptors (Lipinski definition) is 4. The van der Waals surface area contributed by atoms with E-state index < -0.39 is 0 Å². The van der Waals surface area contributed by atoms with Gasteiger partial charge in [-0.2, -0.15) is 15.0 Å². The number of aromatic nitrogens is 4. The van der Waals surface area contributed by atoms with Crippen molar-refractivity contribution in [3.8, 4) is 17.3 Å². The van der Waals surface area contributed by atoms with Gasteiger partial charge in [0.15, 0.2) is 5.82 Å². The van der Waals surface area contributed by atoms with E-state index in [1.54, 1.807) is 0 Å². The zero-order valence-electron chi connectivity index (χ0n) is 17.2. The first-order valence-corrected chi connectivity index (χ1v) is 11.0. The van der Waals surface area contributed by atoms with Crippen LogP contribution < -0.4 is 0 Å². The Kier molecular flexibility index (Phi) is 3.83. The molecule has 0 aliphatic rings. The number of fused-ring (bicyclic) bond motifs is 6. The monoisotopic (exact) mass is 446 g/mol. The molecule has 4 aromatic carbocycles. The number of halogens is 1. The normalized spacial score (nSPS) is 11.8. The lowest BCUT2D eigenvalue weighted by Crippen LogP contribution is -2.04. The first kappa shape index (κ1) is 18.4. The van der Waals surface area contributed by atoms with E-state index in [0.717, 1.165) is 49.3 Å². The van der Waals surface area contributed by atoms with Crippen LogP contribution in [0.3, 0.4) is 0 Å². The van der Waals surface area contributed by atoms with Crippen molar-refractivity contribution in [1.29, 1.82) is 0 Å². The molecule has 7 aromatic rings. The highest BCUT2D eigenvalue weighted by Gasteiger charge is 2.17. The second kappa shape index (κ2) is 6.89. The molecule has 0 amide bonds. The van der Waals surface area contributed by atoms with Gasteiger partial charge in [0, 0.05) is 27.1 Å². The molecule has 0 N–H and O–H groups in total. The van der Waals surface area contributed by atoms with Crippen molar-refractivity contribution < 1.29 is 4.42 Å². The smallest absolute Gasteiger partial charge is 0.239 e. The molecule has 33 heavy (non-hydrogen) atoms. The third-order valence-corrected chi connectivity index (χ3v) is 6.18. The van der Waals surface area contributed by atoms with Crippen LogP contribution >= 0.6 is 11.6 Å². The lowest BCUT2D eigenvalue weighted by Gasteiger charge is -2.08. The molecule has 0 atom stereocenters. The van der Waals surface area contributed by atoms with Crippen molar-refractivity contribution >= 4 is 55.3 Å². The summed E-state index contributed by atoms with van der Waals surface area (Å²) in [6.45, 7) is 0. The molecule has 0 saturated heterocycles. The van der Waals surface area contributed by atoms with E-state index >= 15 is 0 Å². The molecule has 3 aromatic heterocycles. The van der Waals surface area contributed by atoms with Crippen LogP contribution in [0.1, 0.15) is 0 Å². The third-order valence-electron chi connectivity index (χ3n) is 6.01. The van der Waals surface area contributed by atoms with Gasteiger partial charge in [-0.3, -0.25) is 4.57 Å². The number of rotatable bonds is 2. The molecule has 0 radical (unpaired) electrons. The number of benzene rings is 4. The van der Waals surface area contributed by atoms with Gasteiger partial charge >= 0.3 is 0 Å². The quantitative estimate of drug-likeness (QED) is 0.282. The lowest BCUT2D eigenvalue weighted by atomic mass is 10.1. The highest BCUT2D eigenvalue weighted by Crippen LogP contribution is 2.33. The van der Waals surface area contributed by atoms with Crippen molar-refractivity contribution in [2.24, 2.45) is 0 Å². The molecule has 0 unspecified atom stereocenters. The minimum atomic E-state index is 0.140. The Hall–Kier alpha value is -4.22. The van der Waals surface area contributed by atoms with Crippen LogP contribution in [0.25, 0.3) is 61.1 Å². The van der Waals surface area contributed by atoms with E-state index in [4.69, 9.17) is 21.0 Å². The number of hydrogen-bond donors (Lipinski definition) is 0. The molecule has 156 valence electrons. The van der Waals surface area contributed by atoms with Crippen molar-refractivity contribution in [1.82, 2.24) is 19.5 Å². The first-order valence-electron chi connectivity index (χ1n) is 10.6. The Morgan fingerprint density at radius 1 is 0.606 bits per heavy atom. The van der Waals surface area contributed by atoms with Gasteiger partial charge in [0.05, 0.1) is 11.0 Å². The van der Waals surface area contributed by atoms with Crippen molar-refractivity contribution in [2.75, 3.05) is 0 Å². The van der Waals surface area contributed by atoms with Crippen molar-refractivity contribution in [3.05, 3.63) is 96.3 Å². The molecule has 5 nitrogen and oxygen atoms in total. The standard InChI is InChI=1S/C27H15ClN4O/c28-26-29-25(16-13-14-20-19-9-3-6-12-23(19)33-24(20)15-16)30-27(31-26)32-21-10-4-1-7-17(21)18-8-2-5-11-22(18)32/h1-15H. The number of furan rings is 1. The van der Waals surface area contributed by atoms with Crippen LogP contribution in [0.2, 0.25) is 5.28 Å². The van der Waals surface area contributed by atoms with Gasteiger partial charge in [0.2, 0.25) is 11.2 Å². The lowest BCUT2D eigenvalue weighted by molar-refractivity contribution is 0.669. The largest absolute Gasteiger partial charge is 0.456 e. The molecule has 7 rings (SSSR count). The van der Waals surface area contributed by atoms with Crippen LogP contribution in [-0.2, 0) is 0 Å². The van der Waals surface area contributed by atoms with Gasteiger partial charge in [-0.05, 0) is 41.9 Å². The van der Waals surface area contributed by atoms with E-state index in [0.29, 0.717) is 11.8 Å². The summed E-state index contributed by atoms with van der Waals surface area (Å²) in [5.74, 6) is 0.973. The Labute approximate surface area is 192 Å². The third kappa shape index (κ3) is 2.76. The SMILES string of the molecule is Clc1nc(-c2ccc3c(c2)oc2ccccc23)nc(-n2c3ccccc3c3ccccc32)n1. The number of para-hydroxylation sites is 3. The maximum absolute atomic E-state index is 6.40. The minimum absolute atomic E-state index is 0.140.